The first-order valence-corrected chi connectivity index (χ1v) is 9.02. The Kier molecular flexibility index (Phi) is 5.19. The van der Waals surface area contributed by atoms with Crippen LogP contribution in [0.3, 0.4) is 0 Å². The zero-order valence-corrected chi connectivity index (χ0v) is 15.4. The molecule has 9 heteroatoms. The summed E-state index contributed by atoms with van der Waals surface area (Å²) >= 11 is 1.21. The van der Waals surface area contributed by atoms with Gasteiger partial charge in [0.2, 0.25) is 0 Å². The van der Waals surface area contributed by atoms with Crippen LogP contribution in [-0.2, 0) is 19.1 Å². The lowest BCUT2D eigenvalue weighted by atomic mass is 10.0. The molecule has 0 bridgehead atoms. The molecule has 0 saturated carbocycles. The number of aromatic nitrogens is 2. The summed E-state index contributed by atoms with van der Waals surface area (Å²) in [5, 5.41) is 9.54. The summed E-state index contributed by atoms with van der Waals surface area (Å²) < 4.78 is 12.0. The largest absolute Gasteiger partial charge is 0.465 e. The SMILES string of the molecule is CCOC(=O)C(C(=O)OCC)c1nc2sc3ccccc3n2c(=O)c1C#N. The second kappa shape index (κ2) is 7.55. The average molecular weight is 385 g/mol. The second-order valence-corrected chi connectivity index (χ2v) is 6.42. The highest BCUT2D eigenvalue weighted by Crippen LogP contribution is 2.27. The quantitative estimate of drug-likeness (QED) is 0.488. The van der Waals surface area contributed by atoms with Crippen LogP contribution in [0.15, 0.2) is 29.1 Å². The molecular weight excluding hydrogens is 370 g/mol. The Bertz CT molecular complexity index is 1120. The number of hydrogen-bond donors (Lipinski definition) is 0. The first-order chi connectivity index (χ1) is 13.0. The summed E-state index contributed by atoms with van der Waals surface area (Å²) in [5.41, 5.74) is -0.677. The van der Waals surface area contributed by atoms with Crippen molar-refractivity contribution in [2.45, 2.75) is 19.8 Å². The van der Waals surface area contributed by atoms with Crippen LogP contribution in [0.1, 0.15) is 31.0 Å². The standard InChI is InChI=1S/C18H15N3O5S/c1-3-25-16(23)13(17(24)26-4-2)14-10(9-19)15(22)21-11-7-5-6-8-12(11)27-18(21)20-14/h5-8,13H,3-4H2,1-2H3. The molecule has 0 aliphatic carbocycles. The molecule has 0 aliphatic heterocycles. The lowest BCUT2D eigenvalue weighted by molar-refractivity contribution is -0.157. The average Bonchev–Trinajstić information content (AvgIpc) is 3.01. The predicted molar refractivity (Wildman–Crippen MR) is 97.6 cm³/mol. The van der Waals surface area contributed by atoms with Crippen molar-refractivity contribution in [3.63, 3.8) is 0 Å². The van der Waals surface area contributed by atoms with E-state index in [9.17, 15) is 19.6 Å². The van der Waals surface area contributed by atoms with E-state index in [1.807, 2.05) is 12.1 Å². The maximum atomic E-state index is 12.9. The molecule has 0 saturated heterocycles. The summed E-state index contributed by atoms with van der Waals surface area (Å²) in [6, 6.07) is 8.90. The molecule has 0 spiro atoms. The normalized spacial score (nSPS) is 10.9. The summed E-state index contributed by atoms with van der Waals surface area (Å²) in [7, 11) is 0. The minimum atomic E-state index is -1.59. The van der Waals surface area contributed by atoms with Gasteiger partial charge in [-0.2, -0.15) is 5.26 Å². The van der Waals surface area contributed by atoms with Gasteiger partial charge in [-0.3, -0.25) is 14.4 Å². The first kappa shape index (κ1) is 18.5. The molecule has 0 N–H and O–H groups in total. The van der Waals surface area contributed by atoms with Crippen LogP contribution in [0.2, 0.25) is 0 Å². The fourth-order valence-corrected chi connectivity index (χ4v) is 3.73. The Morgan fingerprint density at radius 1 is 1.22 bits per heavy atom. The van der Waals surface area contributed by atoms with Gasteiger partial charge in [0.05, 0.1) is 29.1 Å². The van der Waals surface area contributed by atoms with Crippen LogP contribution in [0.4, 0.5) is 0 Å². The maximum Gasteiger partial charge on any atom is 0.326 e. The molecule has 27 heavy (non-hydrogen) atoms. The van der Waals surface area contributed by atoms with E-state index in [4.69, 9.17) is 9.47 Å². The van der Waals surface area contributed by atoms with Crippen LogP contribution >= 0.6 is 11.3 Å². The number of thiazole rings is 1. The molecule has 0 unspecified atom stereocenters. The van der Waals surface area contributed by atoms with Crippen LogP contribution < -0.4 is 5.56 Å². The summed E-state index contributed by atoms with van der Waals surface area (Å²) in [6.45, 7) is 3.23. The Morgan fingerprint density at radius 2 is 1.85 bits per heavy atom. The molecule has 0 amide bonds. The van der Waals surface area contributed by atoms with Crippen molar-refractivity contribution in [3.8, 4) is 6.07 Å². The van der Waals surface area contributed by atoms with E-state index in [0.717, 1.165) is 4.70 Å². The molecule has 0 aliphatic rings. The molecule has 3 rings (SSSR count). The molecule has 2 aromatic heterocycles. The molecule has 0 atom stereocenters. The van der Waals surface area contributed by atoms with Crippen molar-refractivity contribution >= 4 is 38.5 Å². The van der Waals surface area contributed by atoms with Gasteiger partial charge in [0.25, 0.3) is 5.56 Å². The second-order valence-electron chi connectivity index (χ2n) is 5.41. The monoisotopic (exact) mass is 385 g/mol. The molecule has 0 radical (unpaired) electrons. The Balaban J connectivity index is 2.32. The summed E-state index contributed by atoms with van der Waals surface area (Å²) in [4.78, 5) is 42.2. The zero-order valence-electron chi connectivity index (χ0n) is 14.6. The minimum absolute atomic E-state index is 0.0285. The fourth-order valence-electron chi connectivity index (χ4n) is 2.71. The van der Waals surface area contributed by atoms with Gasteiger partial charge in [-0.1, -0.05) is 23.5 Å². The van der Waals surface area contributed by atoms with Crippen molar-refractivity contribution < 1.29 is 19.1 Å². The number of fused-ring (bicyclic) bond motifs is 3. The number of carbonyl (C=O) groups is 2. The van der Waals surface area contributed by atoms with Gasteiger partial charge in [0.15, 0.2) is 10.9 Å². The number of rotatable bonds is 5. The van der Waals surface area contributed by atoms with Crippen molar-refractivity contribution in [2.75, 3.05) is 13.2 Å². The van der Waals surface area contributed by atoms with Crippen molar-refractivity contribution in [2.24, 2.45) is 0 Å². The molecule has 8 nitrogen and oxygen atoms in total. The highest BCUT2D eigenvalue weighted by molar-refractivity contribution is 7.23. The number of nitrogens with zero attached hydrogens (tertiary/aromatic N) is 3. The third-order valence-corrected chi connectivity index (χ3v) is 4.84. The van der Waals surface area contributed by atoms with Gasteiger partial charge >= 0.3 is 11.9 Å². The van der Waals surface area contributed by atoms with Crippen molar-refractivity contribution in [3.05, 3.63) is 45.9 Å². The van der Waals surface area contributed by atoms with E-state index in [2.05, 4.69) is 4.98 Å². The highest BCUT2D eigenvalue weighted by atomic mass is 32.1. The smallest absolute Gasteiger partial charge is 0.326 e. The van der Waals surface area contributed by atoms with Gasteiger partial charge in [-0.15, -0.1) is 0 Å². The van der Waals surface area contributed by atoms with Gasteiger partial charge in [0.1, 0.15) is 11.6 Å². The lowest BCUT2D eigenvalue weighted by Gasteiger charge is -2.14. The highest BCUT2D eigenvalue weighted by Gasteiger charge is 2.37. The molecule has 1 aromatic carbocycles. The Hall–Kier alpha value is -3.25. The fraction of sp³-hybridized carbons (Fsp3) is 0.278. The number of nitriles is 1. The van der Waals surface area contributed by atoms with Crippen molar-refractivity contribution in [1.82, 2.24) is 9.38 Å². The lowest BCUT2D eigenvalue weighted by Crippen LogP contribution is -2.31. The molecule has 2 heterocycles. The van der Waals surface area contributed by atoms with Gasteiger partial charge in [0, 0.05) is 0 Å². The molecular formula is C18H15N3O5S. The molecule has 138 valence electrons. The molecule has 3 aromatic rings. The van der Waals surface area contributed by atoms with E-state index in [1.54, 1.807) is 32.0 Å². The van der Waals surface area contributed by atoms with Crippen LogP contribution in [0.25, 0.3) is 15.2 Å². The van der Waals surface area contributed by atoms with E-state index < -0.39 is 23.4 Å². The van der Waals surface area contributed by atoms with E-state index >= 15 is 0 Å². The van der Waals surface area contributed by atoms with Gasteiger partial charge in [-0.25, -0.2) is 9.38 Å². The van der Waals surface area contributed by atoms with Gasteiger partial charge < -0.3 is 9.47 Å². The van der Waals surface area contributed by atoms with E-state index in [0.29, 0.717) is 5.52 Å². The van der Waals surface area contributed by atoms with Crippen LogP contribution in [0, 0.1) is 11.3 Å². The Labute approximate surface area is 157 Å². The maximum absolute atomic E-state index is 12.9. The van der Waals surface area contributed by atoms with E-state index in [-0.39, 0.29) is 29.4 Å². The number of hydrogen-bond acceptors (Lipinski definition) is 8. The number of benzene rings is 1. The van der Waals surface area contributed by atoms with Crippen molar-refractivity contribution in [1.29, 1.82) is 5.26 Å². The van der Waals surface area contributed by atoms with E-state index in [1.165, 1.54) is 15.7 Å². The third-order valence-electron chi connectivity index (χ3n) is 3.82. The van der Waals surface area contributed by atoms with Crippen LogP contribution in [0.5, 0.6) is 0 Å². The zero-order chi connectivity index (χ0) is 19.6. The summed E-state index contributed by atoms with van der Waals surface area (Å²) in [6.07, 6.45) is 0. The third kappa shape index (κ3) is 3.15. The van der Waals surface area contributed by atoms with Crippen LogP contribution in [-0.4, -0.2) is 34.5 Å². The number of carbonyl (C=O) groups excluding carboxylic acids is 2. The summed E-state index contributed by atoms with van der Waals surface area (Å²) in [5.74, 6) is -3.42. The number of para-hydroxylation sites is 1. The topological polar surface area (TPSA) is 111 Å². The van der Waals surface area contributed by atoms with Gasteiger partial charge in [-0.05, 0) is 26.0 Å². The Morgan fingerprint density at radius 3 is 2.44 bits per heavy atom. The first-order valence-electron chi connectivity index (χ1n) is 8.21. The minimum Gasteiger partial charge on any atom is -0.465 e. The number of esters is 2. The number of ether oxygens (including phenoxy) is 2. The molecule has 0 fully saturated rings. The predicted octanol–water partition coefficient (Wildman–Crippen LogP) is 1.99.